The molecular weight excluding hydrogens is 179 g/mol. The molecule has 64 valence electrons. The molecule has 0 spiro atoms. The van der Waals surface area contributed by atoms with Crippen molar-refractivity contribution < 1.29 is 4.89 Å². The Hall–Kier alpha value is -1.17. The fraction of sp³-hybridized carbons (Fsp3) is 0. The Morgan fingerprint density at radius 2 is 1.69 bits per heavy atom. The number of hydrogen-bond acceptors (Lipinski definition) is 1. The molecule has 0 saturated heterocycles. The van der Waals surface area contributed by atoms with E-state index in [4.69, 9.17) is 0 Å². The molecule has 0 aromatic heterocycles. The first-order chi connectivity index (χ1) is 6.27. The third-order valence-electron chi connectivity index (χ3n) is 2.02. The van der Waals surface area contributed by atoms with Crippen LogP contribution in [-0.4, -0.2) is 6.30 Å². The quantitative estimate of drug-likeness (QED) is 0.624. The molecule has 0 heterocycles. The molecule has 0 aliphatic carbocycles. The molecule has 2 heteroatoms. The van der Waals surface area contributed by atoms with Gasteiger partial charge in [0.25, 0.3) is 0 Å². The lowest BCUT2D eigenvalue weighted by Crippen LogP contribution is -2.03. The van der Waals surface area contributed by atoms with Gasteiger partial charge in [-0.3, -0.25) is 0 Å². The van der Waals surface area contributed by atoms with E-state index in [9.17, 15) is 4.89 Å². The number of rotatable bonds is 1. The molecule has 0 amide bonds. The van der Waals surface area contributed by atoms with Gasteiger partial charge in [-0.25, -0.2) is 0 Å². The summed E-state index contributed by atoms with van der Waals surface area (Å²) in [6.07, 6.45) is 3.52. The Kier molecular flexibility index (Phi) is 2.13. The molecule has 1 nitrogen and oxygen atoms in total. The van der Waals surface area contributed by atoms with Crippen LogP contribution in [0.1, 0.15) is 0 Å². The Balaban J connectivity index is 2.69. The predicted molar refractivity (Wildman–Crippen MR) is 57.6 cm³/mol. The van der Waals surface area contributed by atoms with Crippen molar-refractivity contribution in [2.24, 2.45) is 0 Å². The highest BCUT2D eigenvalue weighted by atomic mass is 31.1. The van der Waals surface area contributed by atoms with Crippen LogP contribution in [0.2, 0.25) is 0 Å². The zero-order chi connectivity index (χ0) is 9.26. The fourth-order valence-corrected chi connectivity index (χ4v) is 1.86. The van der Waals surface area contributed by atoms with Crippen LogP contribution < -0.4 is 10.2 Å². The lowest BCUT2D eigenvalue weighted by molar-refractivity contribution is -0.149. The maximum Gasteiger partial charge on any atom is 0.144 e. The first-order valence-electron chi connectivity index (χ1n) is 4.04. The lowest BCUT2D eigenvalue weighted by Gasteiger charge is -1.99. The Morgan fingerprint density at radius 3 is 2.38 bits per heavy atom. The molecule has 0 fully saturated rings. The molecular formula is C11H9OP. The van der Waals surface area contributed by atoms with Crippen LogP contribution in [0.4, 0.5) is 0 Å². The summed E-state index contributed by atoms with van der Waals surface area (Å²) in [7, 11) is -1.47. The van der Waals surface area contributed by atoms with Gasteiger partial charge in [0.1, 0.15) is 5.30 Å². The van der Waals surface area contributed by atoms with E-state index in [0.717, 1.165) is 10.7 Å². The summed E-state index contributed by atoms with van der Waals surface area (Å²) in [6, 6.07) is 13.8. The van der Waals surface area contributed by atoms with E-state index >= 15 is 0 Å². The van der Waals surface area contributed by atoms with Crippen molar-refractivity contribution >= 4 is 30.1 Å². The van der Waals surface area contributed by atoms with Crippen LogP contribution in [0, 0.1) is 0 Å². The maximum atomic E-state index is 11.1. The van der Waals surface area contributed by atoms with E-state index in [-0.39, 0.29) is 0 Å². The van der Waals surface area contributed by atoms with Crippen molar-refractivity contribution in [3.8, 4) is 0 Å². The smallest absolute Gasteiger partial charge is 0.144 e. The van der Waals surface area contributed by atoms with E-state index < -0.39 is 7.77 Å². The lowest BCUT2D eigenvalue weighted by atomic mass is 10.1. The summed E-state index contributed by atoms with van der Waals surface area (Å²) in [6.45, 7) is 0. The van der Waals surface area contributed by atoms with Gasteiger partial charge in [0.2, 0.25) is 0 Å². The van der Waals surface area contributed by atoms with Gasteiger partial charge in [0.15, 0.2) is 0 Å². The third kappa shape index (κ3) is 1.62. The number of hydrogen-bond donors (Lipinski definition) is 0. The molecule has 1 unspecified atom stereocenters. The van der Waals surface area contributed by atoms with Crippen molar-refractivity contribution in [2.45, 2.75) is 0 Å². The van der Waals surface area contributed by atoms with E-state index in [1.165, 1.54) is 5.39 Å². The normalized spacial score (nSPS) is 11.6. The van der Waals surface area contributed by atoms with Gasteiger partial charge in [-0.05, 0) is 29.0 Å². The second kappa shape index (κ2) is 3.29. The summed E-state index contributed by atoms with van der Waals surface area (Å²) in [5.74, 6) is 0. The van der Waals surface area contributed by atoms with Crippen LogP contribution in [0.25, 0.3) is 10.8 Å². The van der Waals surface area contributed by atoms with Crippen LogP contribution in [0.3, 0.4) is 0 Å². The number of fused-ring (bicyclic) bond motifs is 1. The third-order valence-corrected chi connectivity index (χ3v) is 2.88. The van der Waals surface area contributed by atoms with E-state index in [1.807, 2.05) is 42.5 Å². The summed E-state index contributed by atoms with van der Waals surface area (Å²) >= 11 is 0. The van der Waals surface area contributed by atoms with Gasteiger partial charge in [0.05, 0.1) is 14.1 Å². The van der Waals surface area contributed by atoms with Crippen molar-refractivity contribution in [1.29, 1.82) is 0 Å². The average Bonchev–Trinajstić information content (AvgIpc) is 2.17. The average molecular weight is 188 g/mol. The Labute approximate surface area is 78.1 Å². The first kappa shape index (κ1) is 8.43. The van der Waals surface area contributed by atoms with Crippen molar-refractivity contribution in [2.75, 3.05) is 0 Å². The van der Waals surface area contributed by atoms with Gasteiger partial charge < -0.3 is 4.89 Å². The first-order valence-corrected chi connectivity index (χ1v) is 5.48. The standard InChI is InChI=1S/C11H9OP/c1-13(12)11-7-6-9-4-2-3-5-10(9)8-11/h2-8H,1H2. The second-order valence-corrected chi connectivity index (χ2v) is 4.18. The van der Waals surface area contributed by atoms with Crippen LogP contribution in [-0.2, 0) is 0 Å². The highest BCUT2D eigenvalue weighted by Crippen LogP contribution is 2.15. The topological polar surface area (TPSA) is 23.1 Å². The molecule has 13 heavy (non-hydrogen) atoms. The zero-order valence-electron chi connectivity index (χ0n) is 7.10. The van der Waals surface area contributed by atoms with E-state index in [2.05, 4.69) is 6.30 Å². The molecule has 0 N–H and O–H groups in total. The van der Waals surface area contributed by atoms with Crippen LogP contribution in [0.5, 0.6) is 0 Å². The summed E-state index contributed by atoms with van der Waals surface area (Å²) in [5.41, 5.74) is 0. The van der Waals surface area contributed by atoms with Gasteiger partial charge in [-0.15, -0.1) is 0 Å². The fourth-order valence-electron chi connectivity index (χ4n) is 1.33. The predicted octanol–water partition coefficient (Wildman–Crippen LogP) is 1.65. The molecule has 0 bridgehead atoms. The summed E-state index contributed by atoms with van der Waals surface area (Å²) in [4.78, 5) is 11.1. The van der Waals surface area contributed by atoms with Crippen LogP contribution in [0.15, 0.2) is 42.5 Å². The van der Waals surface area contributed by atoms with Gasteiger partial charge in [-0.2, -0.15) is 0 Å². The molecule has 0 aliphatic rings. The van der Waals surface area contributed by atoms with Crippen molar-refractivity contribution in [3.63, 3.8) is 0 Å². The van der Waals surface area contributed by atoms with E-state index in [0.29, 0.717) is 0 Å². The van der Waals surface area contributed by atoms with Gasteiger partial charge in [0, 0.05) is 0 Å². The molecule has 2 aromatic carbocycles. The zero-order valence-corrected chi connectivity index (χ0v) is 8.00. The molecule has 2 aromatic rings. The van der Waals surface area contributed by atoms with Gasteiger partial charge >= 0.3 is 0 Å². The van der Waals surface area contributed by atoms with Gasteiger partial charge in [-0.1, -0.05) is 24.3 Å². The molecule has 0 aliphatic heterocycles. The molecule has 0 radical (unpaired) electrons. The second-order valence-electron chi connectivity index (χ2n) is 2.91. The summed E-state index contributed by atoms with van der Waals surface area (Å²) < 4.78 is 0. The maximum absolute atomic E-state index is 11.1. The molecule has 2 rings (SSSR count). The largest absolute Gasteiger partial charge is 0.626 e. The highest BCUT2D eigenvalue weighted by Gasteiger charge is 2.00. The minimum Gasteiger partial charge on any atom is -0.626 e. The van der Waals surface area contributed by atoms with Crippen molar-refractivity contribution in [1.82, 2.24) is 0 Å². The highest BCUT2D eigenvalue weighted by molar-refractivity contribution is 7.56. The Morgan fingerprint density at radius 1 is 1.00 bits per heavy atom. The molecule has 1 atom stereocenters. The monoisotopic (exact) mass is 188 g/mol. The minimum atomic E-state index is -1.47. The Bertz CT molecular complexity index is 462. The minimum absolute atomic E-state index is 0.814. The summed E-state index contributed by atoms with van der Waals surface area (Å²) in [5, 5.41) is 3.10. The molecule has 0 saturated carbocycles. The van der Waals surface area contributed by atoms with E-state index in [1.54, 1.807) is 0 Å². The SMILES string of the molecule is C=[P+]([O-])c1ccc2ccccc2c1. The van der Waals surface area contributed by atoms with Crippen molar-refractivity contribution in [3.05, 3.63) is 42.5 Å². The number of benzene rings is 2. The van der Waals surface area contributed by atoms with Crippen LogP contribution >= 0.6 is 7.77 Å².